The van der Waals surface area contributed by atoms with Crippen LogP contribution in [-0.4, -0.2) is 49.1 Å². The summed E-state index contributed by atoms with van der Waals surface area (Å²) >= 11 is 0. The minimum absolute atomic E-state index is 0.0470. The highest BCUT2D eigenvalue weighted by molar-refractivity contribution is 6.38. The van der Waals surface area contributed by atoms with E-state index in [1.165, 1.54) is 0 Å². The highest BCUT2D eigenvalue weighted by Gasteiger charge is 2.31. The molecule has 2 atom stereocenters. The average molecular weight is 405 g/mol. The molecule has 0 spiro atoms. The molecular weight excluding hydrogens is 378 g/mol. The second kappa shape index (κ2) is 11.2. The first-order valence-corrected chi connectivity index (χ1v) is 9.56. The average Bonchev–Trinajstić information content (AvgIpc) is 2.78. The highest BCUT2D eigenvalue weighted by Crippen LogP contribution is 2.08. The Hall–Kier alpha value is -2.94. The van der Waals surface area contributed by atoms with Crippen molar-refractivity contribution >= 4 is 23.7 Å². The lowest BCUT2D eigenvalue weighted by molar-refractivity contribution is -0.140. The molecular formula is C20H27N3O6. The maximum Gasteiger partial charge on any atom is 0.408 e. The molecule has 1 aromatic carbocycles. The summed E-state index contributed by atoms with van der Waals surface area (Å²) in [5.41, 5.74) is 0.817. The Balaban J connectivity index is 1.95. The number of Topliss-reactive ketones (excluding diaryl/α,β-unsaturated/α-hetero) is 1. The number of rotatable bonds is 6. The van der Waals surface area contributed by atoms with Crippen molar-refractivity contribution in [2.24, 2.45) is 5.92 Å². The Bertz CT molecular complexity index is 722. The molecule has 1 aliphatic rings. The van der Waals surface area contributed by atoms with Gasteiger partial charge in [-0.05, 0) is 24.3 Å². The van der Waals surface area contributed by atoms with Crippen LogP contribution in [0.4, 0.5) is 4.79 Å². The fraction of sp³-hybridized carbons (Fsp3) is 0.500. The lowest BCUT2D eigenvalue weighted by Crippen LogP contribution is -2.55. The maximum atomic E-state index is 12.7. The van der Waals surface area contributed by atoms with Gasteiger partial charge in [0.25, 0.3) is 5.91 Å². The number of nitrogens with one attached hydrogen (secondary N) is 3. The van der Waals surface area contributed by atoms with E-state index < -0.39 is 35.8 Å². The minimum Gasteiger partial charge on any atom is -0.445 e. The molecule has 1 fully saturated rings. The van der Waals surface area contributed by atoms with E-state index in [9.17, 15) is 19.2 Å². The van der Waals surface area contributed by atoms with E-state index in [2.05, 4.69) is 16.0 Å². The largest absolute Gasteiger partial charge is 0.445 e. The van der Waals surface area contributed by atoms with Crippen LogP contribution in [0.2, 0.25) is 0 Å². The quantitative estimate of drug-likeness (QED) is 0.604. The molecule has 1 heterocycles. The molecule has 158 valence electrons. The summed E-state index contributed by atoms with van der Waals surface area (Å²) in [6.45, 7) is 3.90. The van der Waals surface area contributed by atoms with E-state index in [4.69, 9.17) is 9.47 Å². The molecule has 1 saturated heterocycles. The third-order valence-electron chi connectivity index (χ3n) is 4.41. The van der Waals surface area contributed by atoms with Crippen molar-refractivity contribution in [3.8, 4) is 0 Å². The van der Waals surface area contributed by atoms with Gasteiger partial charge in [0, 0.05) is 6.61 Å². The summed E-state index contributed by atoms with van der Waals surface area (Å²) in [7, 11) is 0. The molecule has 0 radical (unpaired) electrons. The zero-order valence-electron chi connectivity index (χ0n) is 16.6. The summed E-state index contributed by atoms with van der Waals surface area (Å²) in [4.78, 5) is 48.9. The molecule has 9 heteroatoms. The first kappa shape index (κ1) is 22.4. The number of benzene rings is 1. The molecule has 3 N–H and O–H groups in total. The van der Waals surface area contributed by atoms with Crippen molar-refractivity contribution in [3.05, 3.63) is 35.9 Å². The van der Waals surface area contributed by atoms with Gasteiger partial charge in [-0.15, -0.1) is 0 Å². The standard InChI is InChI=1S/C20H27N3O6/c1-13(2)16(23-20(27)29-11-14-7-4-3-5-8-14)18(25)22-15-9-6-10-28-12-21-19(26)17(15)24/h3-5,7-8,13,15-16H,6,9-12H2,1-2H3,(H,21,26)(H,22,25)(H,23,27). The first-order chi connectivity index (χ1) is 13.9. The SMILES string of the molecule is CC(C)C(NC(=O)OCc1ccccc1)C(=O)NC1CCCOCNC(=O)C1=O. The minimum atomic E-state index is -0.979. The fourth-order valence-electron chi connectivity index (χ4n) is 2.78. The number of ketones is 1. The molecule has 0 aliphatic carbocycles. The summed E-state index contributed by atoms with van der Waals surface area (Å²) in [5.74, 6) is -2.36. The molecule has 2 unspecified atom stereocenters. The lowest BCUT2D eigenvalue weighted by atomic mass is 10.0. The van der Waals surface area contributed by atoms with Gasteiger partial charge in [0.1, 0.15) is 19.4 Å². The number of carbonyl (C=O) groups excluding carboxylic acids is 4. The fourth-order valence-corrected chi connectivity index (χ4v) is 2.78. The van der Waals surface area contributed by atoms with Crippen LogP contribution in [0.5, 0.6) is 0 Å². The summed E-state index contributed by atoms with van der Waals surface area (Å²) in [6, 6.07) is 7.25. The van der Waals surface area contributed by atoms with Crippen molar-refractivity contribution in [1.29, 1.82) is 0 Å². The number of amides is 3. The van der Waals surface area contributed by atoms with Crippen molar-refractivity contribution in [1.82, 2.24) is 16.0 Å². The second-order valence-corrected chi connectivity index (χ2v) is 7.05. The highest BCUT2D eigenvalue weighted by atomic mass is 16.5. The van der Waals surface area contributed by atoms with Crippen molar-refractivity contribution < 1.29 is 28.7 Å². The van der Waals surface area contributed by atoms with Crippen LogP contribution in [0, 0.1) is 5.92 Å². The topological polar surface area (TPSA) is 123 Å². The van der Waals surface area contributed by atoms with Crippen LogP contribution in [-0.2, 0) is 30.5 Å². The zero-order valence-corrected chi connectivity index (χ0v) is 16.6. The Labute approximate surface area is 169 Å². The van der Waals surface area contributed by atoms with Crippen molar-refractivity contribution in [3.63, 3.8) is 0 Å². The molecule has 0 saturated carbocycles. The Morgan fingerprint density at radius 3 is 2.66 bits per heavy atom. The molecule has 29 heavy (non-hydrogen) atoms. The van der Waals surface area contributed by atoms with Crippen LogP contribution in [0.15, 0.2) is 30.3 Å². The summed E-state index contributed by atoms with van der Waals surface area (Å²) < 4.78 is 10.3. The molecule has 1 aliphatic heterocycles. The van der Waals surface area contributed by atoms with Crippen LogP contribution in [0.3, 0.4) is 0 Å². The molecule has 2 rings (SSSR count). The maximum absolute atomic E-state index is 12.7. The lowest BCUT2D eigenvalue weighted by Gasteiger charge is -2.24. The predicted molar refractivity (Wildman–Crippen MR) is 104 cm³/mol. The van der Waals surface area contributed by atoms with Gasteiger partial charge in [0.15, 0.2) is 0 Å². The van der Waals surface area contributed by atoms with Gasteiger partial charge in [-0.2, -0.15) is 0 Å². The third kappa shape index (κ3) is 7.19. The van der Waals surface area contributed by atoms with Crippen LogP contribution < -0.4 is 16.0 Å². The number of hydrogen-bond acceptors (Lipinski definition) is 6. The van der Waals surface area contributed by atoms with Gasteiger partial charge >= 0.3 is 6.09 Å². The van der Waals surface area contributed by atoms with Gasteiger partial charge in [0.05, 0.1) is 6.04 Å². The Morgan fingerprint density at radius 1 is 1.24 bits per heavy atom. The summed E-state index contributed by atoms with van der Waals surface area (Å²) in [6.07, 6.45) is 0.0286. The van der Waals surface area contributed by atoms with Gasteiger partial charge in [-0.25, -0.2) is 4.79 Å². The molecule has 0 aromatic heterocycles. The van der Waals surface area contributed by atoms with E-state index in [-0.39, 0.29) is 25.7 Å². The van der Waals surface area contributed by atoms with Gasteiger partial charge in [0.2, 0.25) is 11.7 Å². The van der Waals surface area contributed by atoms with Gasteiger partial charge < -0.3 is 25.4 Å². The Morgan fingerprint density at radius 2 is 1.97 bits per heavy atom. The Kier molecular flexibility index (Phi) is 8.60. The number of alkyl carbamates (subject to hydrolysis) is 1. The monoisotopic (exact) mass is 405 g/mol. The van der Waals surface area contributed by atoms with E-state index in [0.717, 1.165) is 5.56 Å². The molecule has 0 bridgehead atoms. The molecule has 1 aromatic rings. The third-order valence-corrected chi connectivity index (χ3v) is 4.41. The van der Waals surface area contributed by atoms with E-state index >= 15 is 0 Å². The van der Waals surface area contributed by atoms with E-state index in [0.29, 0.717) is 13.0 Å². The van der Waals surface area contributed by atoms with Crippen molar-refractivity contribution in [2.75, 3.05) is 13.3 Å². The van der Waals surface area contributed by atoms with E-state index in [1.54, 1.807) is 13.8 Å². The molecule has 9 nitrogen and oxygen atoms in total. The van der Waals surface area contributed by atoms with Crippen LogP contribution in [0.1, 0.15) is 32.3 Å². The van der Waals surface area contributed by atoms with E-state index in [1.807, 2.05) is 30.3 Å². The number of carbonyl (C=O) groups is 4. The normalized spacial score (nSPS) is 18.7. The van der Waals surface area contributed by atoms with Gasteiger partial charge in [-0.3, -0.25) is 14.4 Å². The number of hydrogen-bond donors (Lipinski definition) is 3. The van der Waals surface area contributed by atoms with Gasteiger partial charge in [-0.1, -0.05) is 44.2 Å². The zero-order chi connectivity index (χ0) is 21.2. The van der Waals surface area contributed by atoms with Crippen LogP contribution >= 0.6 is 0 Å². The summed E-state index contributed by atoms with van der Waals surface area (Å²) in [5, 5.41) is 7.45. The first-order valence-electron chi connectivity index (χ1n) is 9.56. The predicted octanol–water partition coefficient (Wildman–Crippen LogP) is 0.875. The number of ether oxygens (including phenoxy) is 2. The van der Waals surface area contributed by atoms with Crippen LogP contribution in [0.25, 0.3) is 0 Å². The smallest absolute Gasteiger partial charge is 0.408 e. The second-order valence-electron chi connectivity index (χ2n) is 7.05. The molecule has 3 amide bonds. The van der Waals surface area contributed by atoms with Crippen molar-refractivity contribution in [2.45, 2.75) is 45.4 Å².